The average molecular weight is 267 g/mol. The van der Waals surface area contributed by atoms with Crippen molar-refractivity contribution in [1.82, 2.24) is 5.32 Å². The largest absolute Gasteiger partial charge is 0.508 e. The number of hydrogen-bond donors (Lipinski definition) is 2. The van der Waals surface area contributed by atoms with Gasteiger partial charge in [0.15, 0.2) is 0 Å². The summed E-state index contributed by atoms with van der Waals surface area (Å²) in [5.74, 6) is 1.10. The Hall–Kier alpha value is -0.870. The Labute approximate surface area is 113 Å². The molecule has 2 rings (SSSR count). The van der Waals surface area contributed by atoms with E-state index < -0.39 is 0 Å². The van der Waals surface area contributed by atoms with Crippen molar-refractivity contribution in [2.24, 2.45) is 0 Å². The van der Waals surface area contributed by atoms with Gasteiger partial charge >= 0.3 is 0 Å². The van der Waals surface area contributed by atoms with E-state index in [4.69, 9.17) is 4.74 Å². The zero-order valence-corrected chi connectivity index (χ0v) is 12.0. The summed E-state index contributed by atoms with van der Waals surface area (Å²) in [5, 5.41) is 13.4. The van der Waals surface area contributed by atoms with E-state index in [0.717, 1.165) is 17.9 Å². The molecule has 1 aromatic rings. The molecule has 0 saturated heterocycles. The Balaban J connectivity index is 2.01. The number of benzene rings is 1. The van der Waals surface area contributed by atoms with Crippen LogP contribution in [0.25, 0.3) is 0 Å². The van der Waals surface area contributed by atoms with Gasteiger partial charge in [0.1, 0.15) is 11.5 Å². The van der Waals surface area contributed by atoms with Crippen LogP contribution in [0.2, 0.25) is 0 Å². The summed E-state index contributed by atoms with van der Waals surface area (Å²) in [6, 6.07) is 5.49. The molecule has 1 fully saturated rings. The lowest BCUT2D eigenvalue weighted by atomic mass is 10.1. The molecular formula is C14H21NO2S. The van der Waals surface area contributed by atoms with Crippen molar-refractivity contribution in [1.29, 1.82) is 0 Å². The van der Waals surface area contributed by atoms with Crippen molar-refractivity contribution in [3.63, 3.8) is 0 Å². The van der Waals surface area contributed by atoms with Crippen molar-refractivity contribution in [3.05, 3.63) is 23.8 Å². The predicted octanol–water partition coefficient (Wildman–Crippen LogP) is 2.95. The lowest BCUT2D eigenvalue weighted by Crippen LogP contribution is -2.28. The van der Waals surface area contributed by atoms with E-state index >= 15 is 0 Å². The van der Waals surface area contributed by atoms with Crippen molar-refractivity contribution >= 4 is 11.8 Å². The number of nitrogens with one attached hydrogen (secondary N) is 1. The fraction of sp³-hybridized carbons (Fsp3) is 0.571. The number of methoxy groups -OCH3 is 1. The Kier molecular flexibility index (Phi) is 4.07. The summed E-state index contributed by atoms with van der Waals surface area (Å²) >= 11 is 1.94. The highest BCUT2D eigenvalue weighted by Crippen LogP contribution is 2.46. The molecule has 0 heterocycles. The van der Waals surface area contributed by atoms with Gasteiger partial charge in [-0.05, 0) is 44.2 Å². The predicted molar refractivity (Wildman–Crippen MR) is 76.6 cm³/mol. The summed E-state index contributed by atoms with van der Waals surface area (Å²) in [5.41, 5.74) is 0.895. The van der Waals surface area contributed by atoms with E-state index in [-0.39, 0.29) is 6.04 Å². The van der Waals surface area contributed by atoms with Crippen molar-refractivity contribution in [2.75, 3.05) is 19.9 Å². The maximum Gasteiger partial charge on any atom is 0.120 e. The van der Waals surface area contributed by atoms with Crippen LogP contribution >= 0.6 is 11.8 Å². The first kappa shape index (κ1) is 13.6. The molecule has 3 nitrogen and oxygen atoms in total. The van der Waals surface area contributed by atoms with E-state index in [1.807, 2.05) is 17.8 Å². The van der Waals surface area contributed by atoms with Crippen LogP contribution in [0.4, 0.5) is 0 Å². The fourth-order valence-corrected chi connectivity index (χ4v) is 2.79. The Bertz CT molecular complexity index is 418. The molecule has 0 aromatic heterocycles. The van der Waals surface area contributed by atoms with Gasteiger partial charge in [-0.1, -0.05) is 0 Å². The molecular weight excluding hydrogens is 246 g/mol. The fourth-order valence-electron chi connectivity index (χ4n) is 2.05. The summed E-state index contributed by atoms with van der Waals surface area (Å²) in [6.45, 7) is 3.07. The van der Waals surface area contributed by atoms with Crippen molar-refractivity contribution in [3.8, 4) is 11.5 Å². The van der Waals surface area contributed by atoms with Crippen LogP contribution in [0, 0.1) is 0 Å². The number of phenolic OH excluding ortho intramolecular Hbond substituents is 1. The SMILES string of the molecule is COc1ccc(O)c(C(C)NCC2(SC)CC2)c1. The van der Waals surface area contributed by atoms with E-state index in [0.29, 0.717) is 10.5 Å². The Morgan fingerprint density at radius 2 is 2.22 bits per heavy atom. The summed E-state index contributed by atoms with van der Waals surface area (Å²) in [7, 11) is 1.64. The molecule has 1 aliphatic rings. The van der Waals surface area contributed by atoms with Gasteiger partial charge in [0.2, 0.25) is 0 Å². The number of phenols is 1. The van der Waals surface area contributed by atoms with E-state index in [2.05, 4.69) is 18.5 Å². The second kappa shape index (κ2) is 5.41. The molecule has 1 aliphatic carbocycles. The minimum atomic E-state index is 0.129. The second-order valence-electron chi connectivity index (χ2n) is 4.91. The topological polar surface area (TPSA) is 41.5 Å². The lowest BCUT2D eigenvalue weighted by Gasteiger charge is -2.20. The zero-order valence-electron chi connectivity index (χ0n) is 11.2. The van der Waals surface area contributed by atoms with Gasteiger partial charge in [0, 0.05) is 22.9 Å². The van der Waals surface area contributed by atoms with E-state index in [1.165, 1.54) is 12.8 Å². The number of ether oxygens (including phenoxy) is 1. The molecule has 18 heavy (non-hydrogen) atoms. The van der Waals surface area contributed by atoms with Crippen LogP contribution in [0.3, 0.4) is 0 Å². The van der Waals surface area contributed by atoms with Gasteiger partial charge < -0.3 is 15.2 Å². The van der Waals surface area contributed by atoms with E-state index in [1.54, 1.807) is 19.2 Å². The highest BCUT2D eigenvalue weighted by atomic mass is 32.2. The maximum absolute atomic E-state index is 9.90. The van der Waals surface area contributed by atoms with Crippen molar-refractivity contribution in [2.45, 2.75) is 30.6 Å². The summed E-state index contributed by atoms with van der Waals surface area (Å²) < 4.78 is 5.63. The van der Waals surface area contributed by atoms with Gasteiger partial charge in [-0.3, -0.25) is 0 Å². The van der Waals surface area contributed by atoms with Crippen molar-refractivity contribution < 1.29 is 9.84 Å². The van der Waals surface area contributed by atoms with Gasteiger partial charge in [0.25, 0.3) is 0 Å². The molecule has 4 heteroatoms. The molecule has 2 N–H and O–H groups in total. The molecule has 0 spiro atoms. The van der Waals surface area contributed by atoms with Gasteiger partial charge in [-0.25, -0.2) is 0 Å². The normalized spacial score (nSPS) is 18.4. The maximum atomic E-state index is 9.90. The van der Waals surface area contributed by atoms with Crippen LogP contribution in [0.5, 0.6) is 11.5 Å². The molecule has 0 amide bonds. The van der Waals surface area contributed by atoms with Gasteiger partial charge in [-0.2, -0.15) is 11.8 Å². The van der Waals surface area contributed by atoms with Crippen LogP contribution in [0.1, 0.15) is 31.4 Å². The Morgan fingerprint density at radius 1 is 1.50 bits per heavy atom. The first-order valence-electron chi connectivity index (χ1n) is 6.26. The summed E-state index contributed by atoms with van der Waals surface area (Å²) in [4.78, 5) is 0. The lowest BCUT2D eigenvalue weighted by molar-refractivity contribution is 0.407. The first-order chi connectivity index (χ1) is 8.60. The molecule has 0 bridgehead atoms. The molecule has 1 saturated carbocycles. The monoisotopic (exact) mass is 267 g/mol. The van der Waals surface area contributed by atoms with Crippen LogP contribution in [-0.4, -0.2) is 29.8 Å². The third-order valence-corrected chi connectivity index (χ3v) is 5.09. The molecule has 1 aromatic carbocycles. The molecule has 0 aliphatic heterocycles. The van der Waals surface area contributed by atoms with E-state index in [9.17, 15) is 5.11 Å². The smallest absolute Gasteiger partial charge is 0.120 e. The zero-order chi connectivity index (χ0) is 13.2. The minimum absolute atomic E-state index is 0.129. The molecule has 1 unspecified atom stereocenters. The molecule has 0 radical (unpaired) electrons. The minimum Gasteiger partial charge on any atom is -0.508 e. The second-order valence-corrected chi connectivity index (χ2v) is 6.19. The van der Waals surface area contributed by atoms with Crippen LogP contribution in [-0.2, 0) is 0 Å². The first-order valence-corrected chi connectivity index (χ1v) is 7.48. The highest BCUT2D eigenvalue weighted by Gasteiger charge is 2.41. The number of aromatic hydroxyl groups is 1. The van der Waals surface area contributed by atoms with Crippen LogP contribution < -0.4 is 10.1 Å². The third kappa shape index (κ3) is 2.93. The molecule has 1 atom stereocenters. The Morgan fingerprint density at radius 3 is 2.78 bits per heavy atom. The number of thioether (sulfide) groups is 1. The third-order valence-electron chi connectivity index (χ3n) is 3.67. The van der Waals surface area contributed by atoms with Gasteiger partial charge in [-0.15, -0.1) is 0 Å². The average Bonchev–Trinajstić information content (AvgIpc) is 3.17. The quantitative estimate of drug-likeness (QED) is 0.831. The summed E-state index contributed by atoms with van der Waals surface area (Å²) in [6.07, 6.45) is 4.75. The van der Waals surface area contributed by atoms with Crippen LogP contribution in [0.15, 0.2) is 18.2 Å². The molecule has 100 valence electrons. The standard InChI is InChI=1S/C14H21NO2S/c1-10(15-9-14(18-3)6-7-14)12-8-11(17-2)4-5-13(12)16/h4-5,8,10,15-16H,6-7,9H2,1-3H3. The highest BCUT2D eigenvalue weighted by molar-refractivity contribution is 8.00. The number of hydrogen-bond acceptors (Lipinski definition) is 4. The van der Waals surface area contributed by atoms with Gasteiger partial charge in [0.05, 0.1) is 7.11 Å². The number of rotatable bonds is 6.